The molecule has 1 atom stereocenters. The van der Waals surface area contributed by atoms with Crippen LogP contribution in [0.5, 0.6) is 0 Å². The number of likely N-dealkylation sites (tertiary alicyclic amines) is 1. The van der Waals surface area contributed by atoms with Crippen molar-refractivity contribution in [3.05, 3.63) is 0 Å². The smallest absolute Gasteiger partial charge is 0.289 e. The number of ketones is 1. The highest BCUT2D eigenvalue weighted by atomic mass is 16.2. The summed E-state index contributed by atoms with van der Waals surface area (Å²) in [7, 11) is 0. The average Bonchev–Trinajstić information content (AvgIpc) is 2.15. The van der Waals surface area contributed by atoms with E-state index in [0.29, 0.717) is 5.92 Å². The standard InChI is InChI=1S/C12H21NO2/c1-9(14)11(15)13-7-5-6-10(8-13)12(2,3)4/h10H,5-8H2,1-4H3. The summed E-state index contributed by atoms with van der Waals surface area (Å²) >= 11 is 0. The highest BCUT2D eigenvalue weighted by Crippen LogP contribution is 2.33. The Kier molecular flexibility index (Phi) is 3.53. The lowest BCUT2D eigenvalue weighted by Crippen LogP contribution is -2.45. The first-order valence-corrected chi connectivity index (χ1v) is 5.62. The van der Waals surface area contributed by atoms with Gasteiger partial charge in [0.15, 0.2) is 0 Å². The summed E-state index contributed by atoms with van der Waals surface area (Å²) in [6.45, 7) is 9.41. The highest BCUT2D eigenvalue weighted by Gasteiger charge is 2.32. The average molecular weight is 211 g/mol. The molecule has 1 rings (SSSR count). The first-order valence-electron chi connectivity index (χ1n) is 5.62. The number of carbonyl (C=O) groups excluding carboxylic acids is 2. The van der Waals surface area contributed by atoms with Crippen LogP contribution in [0.25, 0.3) is 0 Å². The quantitative estimate of drug-likeness (QED) is 0.621. The monoisotopic (exact) mass is 211 g/mol. The Morgan fingerprint density at radius 1 is 1.27 bits per heavy atom. The molecule has 1 saturated heterocycles. The summed E-state index contributed by atoms with van der Waals surface area (Å²) in [6, 6.07) is 0. The van der Waals surface area contributed by atoms with E-state index in [1.54, 1.807) is 4.90 Å². The second-order valence-corrected chi connectivity index (χ2v) is 5.51. The summed E-state index contributed by atoms with van der Waals surface area (Å²) in [4.78, 5) is 24.3. The van der Waals surface area contributed by atoms with Gasteiger partial charge in [0.2, 0.25) is 5.78 Å². The molecule has 1 amide bonds. The fourth-order valence-corrected chi connectivity index (χ4v) is 2.09. The van der Waals surface area contributed by atoms with E-state index in [-0.39, 0.29) is 17.1 Å². The largest absolute Gasteiger partial charge is 0.336 e. The lowest BCUT2D eigenvalue weighted by Gasteiger charge is -2.39. The van der Waals surface area contributed by atoms with Crippen LogP contribution >= 0.6 is 0 Å². The molecule has 0 aromatic carbocycles. The zero-order valence-corrected chi connectivity index (χ0v) is 10.2. The third kappa shape index (κ3) is 3.05. The van der Waals surface area contributed by atoms with Crippen molar-refractivity contribution in [1.29, 1.82) is 0 Å². The molecule has 1 unspecified atom stereocenters. The summed E-state index contributed by atoms with van der Waals surface area (Å²) in [6.07, 6.45) is 2.17. The van der Waals surface area contributed by atoms with Gasteiger partial charge in [0.1, 0.15) is 0 Å². The van der Waals surface area contributed by atoms with Crippen molar-refractivity contribution in [1.82, 2.24) is 4.90 Å². The Balaban J connectivity index is 2.64. The van der Waals surface area contributed by atoms with Gasteiger partial charge in [-0.3, -0.25) is 9.59 Å². The third-order valence-electron chi connectivity index (χ3n) is 3.23. The lowest BCUT2D eigenvalue weighted by molar-refractivity contribution is -0.145. The molecule has 0 aromatic rings. The highest BCUT2D eigenvalue weighted by molar-refractivity contribution is 6.35. The number of hydrogen-bond acceptors (Lipinski definition) is 2. The van der Waals surface area contributed by atoms with Gasteiger partial charge in [0.25, 0.3) is 5.91 Å². The van der Waals surface area contributed by atoms with Crippen LogP contribution in [0.3, 0.4) is 0 Å². The van der Waals surface area contributed by atoms with Gasteiger partial charge in [-0.15, -0.1) is 0 Å². The second kappa shape index (κ2) is 4.33. The molecule has 86 valence electrons. The van der Waals surface area contributed by atoms with Crippen LogP contribution in [-0.4, -0.2) is 29.7 Å². The number of carbonyl (C=O) groups is 2. The molecular weight excluding hydrogens is 190 g/mol. The van der Waals surface area contributed by atoms with E-state index < -0.39 is 0 Å². The molecule has 1 aliphatic heterocycles. The van der Waals surface area contributed by atoms with Crippen LogP contribution in [0.1, 0.15) is 40.5 Å². The lowest BCUT2D eigenvalue weighted by atomic mass is 9.76. The minimum Gasteiger partial charge on any atom is -0.336 e. The molecule has 3 heteroatoms. The summed E-state index contributed by atoms with van der Waals surface area (Å²) in [5, 5.41) is 0. The SMILES string of the molecule is CC(=O)C(=O)N1CCCC(C(C)(C)C)C1. The fourth-order valence-electron chi connectivity index (χ4n) is 2.09. The van der Waals surface area contributed by atoms with Crippen molar-refractivity contribution in [3.63, 3.8) is 0 Å². The van der Waals surface area contributed by atoms with Gasteiger partial charge in [-0.1, -0.05) is 20.8 Å². The molecule has 1 heterocycles. The van der Waals surface area contributed by atoms with Crippen molar-refractivity contribution >= 4 is 11.7 Å². The molecule has 0 aromatic heterocycles. The summed E-state index contributed by atoms with van der Waals surface area (Å²) < 4.78 is 0. The minimum absolute atomic E-state index is 0.218. The number of hydrogen-bond donors (Lipinski definition) is 0. The van der Waals surface area contributed by atoms with E-state index in [1.807, 2.05) is 0 Å². The van der Waals surface area contributed by atoms with E-state index in [2.05, 4.69) is 20.8 Å². The molecule has 0 saturated carbocycles. The summed E-state index contributed by atoms with van der Waals surface area (Å²) in [5.74, 6) is -0.150. The van der Waals surface area contributed by atoms with E-state index in [0.717, 1.165) is 25.9 Å². The maximum Gasteiger partial charge on any atom is 0.289 e. The normalized spacial score (nSPS) is 22.7. The van der Waals surface area contributed by atoms with Crippen LogP contribution in [0.2, 0.25) is 0 Å². The Morgan fingerprint density at radius 2 is 1.87 bits per heavy atom. The number of piperidine rings is 1. The van der Waals surface area contributed by atoms with Crippen LogP contribution in [0, 0.1) is 11.3 Å². The van der Waals surface area contributed by atoms with E-state index in [4.69, 9.17) is 0 Å². The zero-order chi connectivity index (χ0) is 11.6. The number of rotatable bonds is 1. The van der Waals surface area contributed by atoms with E-state index in [1.165, 1.54) is 6.92 Å². The Hall–Kier alpha value is -0.860. The maximum atomic E-state index is 11.5. The number of Topliss-reactive ketones (excluding diaryl/α,β-unsaturated/α-hetero) is 1. The molecule has 1 fully saturated rings. The molecule has 0 N–H and O–H groups in total. The number of amides is 1. The molecule has 0 aliphatic carbocycles. The van der Waals surface area contributed by atoms with Crippen LogP contribution in [0.4, 0.5) is 0 Å². The van der Waals surface area contributed by atoms with Crippen molar-refractivity contribution in [2.45, 2.75) is 40.5 Å². The Labute approximate surface area is 91.8 Å². The van der Waals surface area contributed by atoms with Gasteiger partial charge in [0.05, 0.1) is 0 Å². The Bertz CT molecular complexity index is 265. The predicted molar refractivity (Wildman–Crippen MR) is 59.4 cm³/mol. The van der Waals surface area contributed by atoms with E-state index >= 15 is 0 Å². The topological polar surface area (TPSA) is 37.4 Å². The van der Waals surface area contributed by atoms with Crippen LogP contribution in [-0.2, 0) is 9.59 Å². The van der Waals surface area contributed by atoms with Crippen LogP contribution in [0.15, 0.2) is 0 Å². The maximum absolute atomic E-state index is 11.5. The van der Waals surface area contributed by atoms with Gasteiger partial charge in [-0.05, 0) is 24.2 Å². The summed E-state index contributed by atoms with van der Waals surface area (Å²) in [5.41, 5.74) is 0.218. The molecule has 0 spiro atoms. The van der Waals surface area contributed by atoms with Gasteiger partial charge < -0.3 is 4.90 Å². The first-order chi connectivity index (χ1) is 6.82. The second-order valence-electron chi connectivity index (χ2n) is 5.51. The van der Waals surface area contributed by atoms with Gasteiger partial charge in [0, 0.05) is 20.0 Å². The Morgan fingerprint density at radius 3 is 2.33 bits per heavy atom. The predicted octanol–water partition coefficient (Wildman–Crippen LogP) is 1.86. The van der Waals surface area contributed by atoms with Crippen LogP contribution < -0.4 is 0 Å². The fraction of sp³-hybridized carbons (Fsp3) is 0.833. The van der Waals surface area contributed by atoms with Crippen molar-refractivity contribution in [2.75, 3.05) is 13.1 Å². The van der Waals surface area contributed by atoms with Gasteiger partial charge in [-0.2, -0.15) is 0 Å². The van der Waals surface area contributed by atoms with Crippen molar-refractivity contribution < 1.29 is 9.59 Å². The van der Waals surface area contributed by atoms with Gasteiger partial charge in [-0.25, -0.2) is 0 Å². The molecule has 1 aliphatic rings. The molecule has 0 radical (unpaired) electrons. The van der Waals surface area contributed by atoms with Crippen molar-refractivity contribution in [3.8, 4) is 0 Å². The molecule has 15 heavy (non-hydrogen) atoms. The van der Waals surface area contributed by atoms with Crippen molar-refractivity contribution in [2.24, 2.45) is 11.3 Å². The third-order valence-corrected chi connectivity index (χ3v) is 3.23. The van der Waals surface area contributed by atoms with E-state index in [9.17, 15) is 9.59 Å². The molecule has 0 bridgehead atoms. The first kappa shape index (κ1) is 12.2. The molecular formula is C12H21NO2. The minimum atomic E-state index is -0.343. The molecule has 3 nitrogen and oxygen atoms in total. The van der Waals surface area contributed by atoms with Gasteiger partial charge >= 0.3 is 0 Å². The number of nitrogens with zero attached hydrogens (tertiary/aromatic N) is 1. The zero-order valence-electron chi connectivity index (χ0n) is 10.2.